The molecule has 0 saturated heterocycles. The van der Waals surface area contributed by atoms with Gasteiger partial charge in [0.15, 0.2) is 0 Å². The Balaban J connectivity index is 2.55. The Morgan fingerprint density at radius 3 is 2.33 bits per heavy atom. The molecule has 2 heteroatoms. The van der Waals surface area contributed by atoms with Gasteiger partial charge in [0.1, 0.15) is 11.9 Å². The second kappa shape index (κ2) is 6.46. The van der Waals surface area contributed by atoms with Crippen LogP contribution in [0.4, 0.5) is 0 Å². The number of rotatable bonds is 6. The lowest BCUT2D eigenvalue weighted by atomic mass is 10.1. The molecule has 0 saturated carbocycles. The third kappa shape index (κ3) is 3.92. The van der Waals surface area contributed by atoms with E-state index in [1.54, 1.807) is 0 Å². The monoisotopic (exact) mass is 207 g/mol. The lowest BCUT2D eigenvalue weighted by Crippen LogP contribution is -2.26. The van der Waals surface area contributed by atoms with Gasteiger partial charge in [0, 0.05) is 6.54 Å². The lowest BCUT2D eigenvalue weighted by molar-refractivity contribution is 0.198. The Hall–Kier alpha value is -1.02. The minimum absolute atomic E-state index is 0.155. The molecule has 2 N–H and O–H groups in total. The first kappa shape index (κ1) is 12.1. The summed E-state index contributed by atoms with van der Waals surface area (Å²) in [5.41, 5.74) is 6.97. The van der Waals surface area contributed by atoms with Crippen LogP contribution in [-0.2, 0) is 6.42 Å². The van der Waals surface area contributed by atoms with Crippen molar-refractivity contribution in [1.82, 2.24) is 0 Å². The van der Waals surface area contributed by atoms with Crippen molar-refractivity contribution >= 4 is 0 Å². The molecular weight excluding hydrogens is 186 g/mol. The second-order valence-electron chi connectivity index (χ2n) is 3.76. The summed E-state index contributed by atoms with van der Waals surface area (Å²) < 4.78 is 5.78. The summed E-state index contributed by atoms with van der Waals surface area (Å²) in [7, 11) is 0. The molecule has 0 spiro atoms. The van der Waals surface area contributed by atoms with Crippen LogP contribution in [0.1, 0.15) is 32.3 Å². The van der Waals surface area contributed by atoms with E-state index in [1.165, 1.54) is 5.56 Å². The Morgan fingerprint density at radius 2 is 1.87 bits per heavy atom. The van der Waals surface area contributed by atoms with Crippen molar-refractivity contribution in [3.8, 4) is 5.75 Å². The van der Waals surface area contributed by atoms with Gasteiger partial charge in [-0.2, -0.15) is 0 Å². The molecule has 0 aliphatic carbocycles. The summed E-state index contributed by atoms with van der Waals surface area (Å²) in [6.07, 6.45) is 3.35. The van der Waals surface area contributed by atoms with Gasteiger partial charge in [0.25, 0.3) is 0 Å². The van der Waals surface area contributed by atoms with Gasteiger partial charge in [-0.15, -0.1) is 0 Å². The highest BCUT2D eigenvalue weighted by molar-refractivity contribution is 5.27. The van der Waals surface area contributed by atoms with Crippen LogP contribution in [0.25, 0.3) is 0 Å². The van der Waals surface area contributed by atoms with E-state index >= 15 is 0 Å². The van der Waals surface area contributed by atoms with Crippen molar-refractivity contribution in [3.63, 3.8) is 0 Å². The summed E-state index contributed by atoms with van der Waals surface area (Å²) in [5, 5.41) is 0. The maximum atomic E-state index is 5.78. The van der Waals surface area contributed by atoms with Crippen molar-refractivity contribution in [1.29, 1.82) is 0 Å². The summed E-state index contributed by atoms with van der Waals surface area (Å²) >= 11 is 0. The van der Waals surface area contributed by atoms with Gasteiger partial charge in [-0.05, 0) is 30.5 Å². The molecule has 1 rings (SSSR count). The molecular formula is C13H21NO. The maximum Gasteiger partial charge on any atom is 0.119 e. The van der Waals surface area contributed by atoms with Crippen LogP contribution in [0, 0.1) is 0 Å². The van der Waals surface area contributed by atoms with E-state index in [0.29, 0.717) is 6.54 Å². The first-order chi connectivity index (χ1) is 7.30. The minimum Gasteiger partial charge on any atom is -0.489 e. The van der Waals surface area contributed by atoms with Crippen LogP contribution in [0.5, 0.6) is 5.75 Å². The van der Waals surface area contributed by atoms with E-state index in [1.807, 2.05) is 12.1 Å². The average Bonchev–Trinajstić information content (AvgIpc) is 2.29. The molecule has 0 aliphatic rings. The summed E-state index contributed by atoms with van der Waals surface area (Å²) in [4.78, 5) is 0. The third-order valence-corrected chi connectivity index (χ3v) is 2.51. The lowest BCUT2D eigenvalue weighted by Gasteiger charge is -2.16. The number of ether oxygens (including phenoxy) is 1. The standard InChI is InChI=1S/C13H21NO/c1-3-5-13(10-14)15-12-8-6-11(4-2)7-9-12/h6-9,13H,3-5,10,14H2,1-2H3. The zero-order valence-electron chi connectivity index (χ0n) is 9.70. The zero-order chi connectivity index (χ0) is 11.1. The molecule has 0 bridgehead atoms. The number of hydrogen-bond acceptors (Lipinski definition) is 2. The van der Waals surface area contributed by atoms with E-state index < -0.39 is 0 Å². The molecule has 1 aromatic carbocycles. The summed E-state index contributed by atoms with van der Waals surface area (Å²) in [6.45, 7) is 4.88. The van der Waals surface area contributed by atoms with Crippen LogP contribution in [0.2, 0.25) is 0 Å². The number of hydrogen-bond donors (Lipinski definition) is 1. The topological polar surface area (TPSA) is 35.2 Å². The Bertz CT molecular complexity index is 268. The molecule has 2 nitrogen and oxygen atoms in total. The minimum atomic E-state index is 0.155. The molecule has 15 heavy (non-hydrogen) atoms. The fourth-order valence-electron chi connectivity index (χ4n) is 1.54. The number of benzene rings is 1. The first-order valence-electron chi connectivity index (χ1n) is 5.75. The molecule has 0 aromatic heterocycles. The second-order valence-corrected chi connectivity index (χ2v) is 3.76. The van der Waals surface area contributed by atoms with E-state index in [4.69, 9.17) is 10.5 Å². The molecule has 0 heterocycles. The molecule has 0 aliphatic heterocycles. The summed E-state index contributed by atoms with van der Waals surface area (Å²) in [6, 6.07) is 8.26. The smallest absolute Gasteiger partial charge is 0.119 e. The van der Waals surface area contributed by atoms with Crippen molar-refractivity contribution in [3.05, 3.63) is 29.8 Å². The number of nitrogens with two attached hydrogens (primary N) is 1. The third-order valence-electron chi connectivity index (χ3n) is 2.51. The van der Waals surface area contributed by atoms with Gasteiger partial charge < -0.3 is 10.5 Å². The van der Waals surface area contributed by atoms with Gasteiger partial charge >= 0.3 is 0 Å². The Labute approximate surface area is 92.4 Å². The molecule has 0 amide bonds. The SMILES string of the molecule is CCCC(CN)Oc1ccc(CC)cc1. The van der Waals surface area contributed by atoms with Gasteiger partial charge in [-0.25, -0.2) is 0 Å². The maximum absolute atomic E-state index is 5.78. The molecule has 0 fully saturated rings. The normalized spacial score (nSPS) is 12.5. The van der Waals surface area contributed by atoms with Gasteiger partial charge in [-0.1, -0.05) is 32.4 Å². The van der Waals surface area contributed by atoms with Gasteiger partial charge in [-0.3, -0.25) is 0 Å². The van der Waals surface area contributed by atoms with Crippen LogP contribution < -0.4 is 10.5 Å². The highest BCUT2D eigenvalue weighted by atomic mass is 16.5. The predicted molar refractivity (Wildman–Crippen MR) is 64.2 cm³/mol. The van der Waals surface area contributed by atoms with E-state index in [2.05, 4.69) is 26.0 Å². The quantitative estimate of drug-likeness (QED) is 0.778. The first-order valence-corrected chi connectivity index (χ1v) is 5.75. The van der Waals surface area contributed by atoms with Crippen molar-refractivity contribution in [2.45, 2.75) is 39.2 Å². The predicted octanol–water partition coefficient (Wildman–Crippen LogP) is 2.76. The van der Waals surface area contributed by atoms with E-state index in [-0.39, 0.29) is 6.10 Å². The zero-order valence-corrected chi connectivity index (χ0v) is 9.70. The molecule has 1 atom stereocenters. The molecule has 0 radical (unpaired) electrons. The van der Waals surface area contributed by atoms with Crippen molar-refractivity contribution < 1.29 is 4.74 Å². The largest absolute Gasteiger partial charge is 0.489 e. The Kier molecular flexibility index (Phi) is 5.19. The van der Waals surface area contributed by atoms with Crippen LogP contribution in [0.15, 0.2) is 24.3 Å². The number of aryl methyl sites for hydroxylation is 1. The van der Waals surface area contributed by atoms with Gasteiger partial charge in [0.2, 0.25) is 0 Å². The van der Waals surface area contributed by atoms with Gasteiger partial charge in [0.05, 0.1) is 0 Å². The van der Waals surface area contributed by atoms with Crippen molar-refractivity contribution in [2.75, 3.05) is 6.54 Å². The van der Waals surface area contributed by atoms with E-state index in [0.717, 1.165) is 25.0 Å². The molecule has 1 aromatic rings. The van der Waals surface area contributed by atoms with Crippen LogP contribution in [-0.4, -0.2) is 12.6 Å². The van der Waals surface area contributed by atoms with Crippen LogP contribution in [0.3, 0.4) is 0 Å². The Morgan fingerprint density at radius 1 is 1.20 bits per heavy atom. The molecule has 84 valence electrons. The average molecular weight is 207 g/mol. The highest BCUT2D eigenvalue weighted by Crippen LogP contribution is 2.15. The fraction of sp³-hybridized carbons (Fsp3) is 0.538. The summed E-state index contributed by atoms with van der Waals surface area (Å²) in [5.74, 6) is 0.927. The van der Waals surface area contributed by atoms with Crippen molar-refractivity contribution in [2.24, 2.45) is 5.73 Å². The highest BCUT2D eigenvalue weighted by Gasteiger charge is 2.06. The van der Waals surface area contributed by atoms with E-state index in [9.17, 15) is 0 Å². The fourth-order valence-corrected chi connectivity index (χ4v) is 1.54. The van der Waals surface area contributed by atoms with Crippen LogP contribution >= 0.6 is 0 Å². The molecule has 1 unspecified atom stereocenters.